The van der Waals surface area contributed by atoms with Crippen molar-refractivity contribution in [3.8, 4) is 0 Å². The van der Waals surface area contributed by atoms with Crippen LogP contribution in [-0.2, 0) is 24.2 Å². The van der Waals surface area contributed by atoms with Crippen molar-refractivity contribution in [1.29, 1.82) is 0 Å². The first-order chi connectivity index (χ1) is 15.5. The highest BCUT2D eigenvalue weighted by Crippen LogP contribution is 2.23. The zero-order valence-electron chi connectivity index (χ0n) is 18.4. The van der Waals surface area contributed by atoms with Crippen LogP contribution in [0.3, 0.4) is 0 Å². The molecule has 0 aliphatic carbocycles. The average Bonchev–Trinajstić information content (AvgIpc) is 3.10. The summed E-state index contributed by atoms with van der Waals surface area (Å²) in [5.41, 5.74) is 6.25. The van der Waals surface area contributed by atoms with Crippen molar-refractivity contribution in [2.45, 2.75) is 39.7 Å². The zero-order chi connectivity index (χ0) is 22.5. The Kier molecular flexibility index (Phi) is 6.59. The molecule has 0 saturated heterocycles. The Morgan fingerprint density at radius 1 is 1.06 bits per heavy atom. The Balaban J connectivity index is 1.48. The van der Waals surface area contributed by atoms with Gasteiger partial charge in [0, 0.05) is 44.2 Å². The molecule has 0 fully saturated rings. The molecule has 4 rings (SSSR count). The van der Waals surface area contributed by atoms with E-state index in [4.69, 9.17) is 4.98 Å². The van der Waals surface area contributed by atoms with E-state index in [1.54, 1.807) is 18.3 Å². The molecule has 0 aliphatic rings. The molecule has 32 heavy (non-hydrogen) atoms. The maximum Gasteiger partial charge on any atom is 0.221 e. The van der Waals surface area contributed by atoms with E-state index in [0.717, 1.165) is 28.1 Å². The third-order valence-electron chi connectivity index (χ3n) is 5.71. The van der Waals surface area contributed by atoms with Crippen LogP contribution in [0.15, 0.2) is 60.8 Å². The van der Waals surface area contributed by atoms with Gasteiger partial charge in [0.05, 0.1) is 11.0 Å². The van der Waals surface area contributed by atoms with Crippen molar-refractivity contribution in [1.82, 2.24) is 19.9 Å². The molecule has 0 unspecified atom stereocenters. The Labute approximate surface area is 187 Å². The third-order valence-corrected chi connectivity index (χ3v) is 5.71. The van der Waals surface area contributed by atoms with Crippen molar-refractivity contribution >= 4 is 16.9 Å². The van der Waals surface area contributed by atoms with Crippen LogP contribution in [0.1, 0.15) is 34.6 Å². The molecular weight excluding hydrogens is 403 g/mol. The minimum atomic E-state index is -0.254. The summed E-state index contributed by atoms with van der Waals surface area (Å²) in [6.45, 7) is 5.24. The lowest BCUT2D eigenvalue weighted by atomic mass is 10.1. The summed E-state index contributed by atoms with van der Waals surface area (Å²) in [6, 6.07) is 16.5. The van der Waals surface area contributed by atoms with Gasteiger partial charge in [0.25, 0.3) is 0 Å². The molecule has 2 aromatic carbocycles. The molecule has 4 aromatic rings. The molecule has 0 aliphatic heterocycles. The number of nitrogens with one attached hydrogen (secondary N) is 1. The monoisotopic (exact) mass is 430 g/mol. The number of hydrogen-bond donors (Lipinski definition) is 1. The number of aromatic nitrogens is 3. The van der Waals surface area contributed by atoms with Crippen molar-refractivity contribution < 1.29 is 9.18 Å². The summed E-state index contributed by atoms with van der Waals surface area (Å²) in [6.07, 6.45) is 3.40. The number of imidazole rings is 1. The minimum Gasteiger partial charge on any atom is -0.356 e. The number of fused-ring (bicyclic) bond motifs is 1. The fourth-order valence-corrected chi connectivity index (χ4v) is 3.78. The van der Waals surface area contributed by atoms with Gasteiger partial charge in [-0.3, -0.25) is 9.78 Å². The molecule has 0 spiro atoms. The van der Waals surface area contributed by atoms with Gasteiger partial charge >= 0.3 is 0 Å². The van der Waals surface area contributed by atoms with Crippen LogP contribution < -0.4 is 5.32 Å². The summed E-state index contributed by atoms with van der Waals surface area (Å²) in [7, 11) is 0. The second-order valence-corrected chi connectivity index (χ2v) is 8.08. The number of hydrogen-bond acceptors (Lipinski definition) is 3. The minimum absolute atomic E-state index is 0.000605. The van der Waals surface area contributed by atoms with Gasteiger partial charge in [-0.15, -0.1) is 0 Å². The number of nitrogens with zero attached hydrogens (tertiary/aromatic N) is 3. The Bertz CT molecular complexity index is 1220. The van der Waals surface area contributed by atoms with E-state index in [-0.39, 0.29) is 11.7 Å². The molecule has 0 radical (unpaired) electrons. The number of halogens is 1. The molecule has 2 aromatic heterocycles. The number of benzene rings is 2. The smallest absolute Gasteiger partial charge is 0.221 e. The molecular formula is C26H27FN4O. The second-order valence-electron chi connectivity index (χ2n) is 8.08. The van der Waals surface area contributed by atoms with Crippen LogP contribution in [0.4, 0.5) is 4.39 Å². The molecule has 6 heteroatoms. The van der Waals surface area contributed by atoms with Crippen molar-refractivity contribution in [2.24, 2.45) is 0 Å². The third kappa shape index (κ3) is 5.19. The first kappa shape index (κ1) is 21.7. The molecule has 1 N–H and O–H groups in total. The topological polar surface area (TPSA) is 59.8 Å². The van der Waals surface area contributed by atoms with Gasteiger partial charge in [-0.1, -0.05) is 18.2 Å². The zero-order valence-corrected chi connectivity index (χ0v) is 18.4. The highest BCUT2D eigenvalue weighted by molar-refractivity contribution is 5.79. The summed E-state index contributed by atoms with van der Waals surface area (Å²) >= 11 is 0. The van der Waals surface area contributed by atoms with E-state index < -0.39 is 0 Å². The van der Waals surface area contributed by atoms with Gasteiger partial charge in [0.2, 0.25) is 5.91 Å². The lowest BCUT2D eigenvalue weighted by Crippen LogP contribution is -2.27. The molecule has 5 nitrogen and oxygen atoms in total. The Morgan fingerprint density at radius 2 is 1.84 bits per heavy atom. The summed E-state index contributed by atoms with van der Waals surface area (Å²) in [5.74, 6) is 0.619. The van der Waals surface area contributed by atoms with Crippen LogP contribution in [0.2, 0.25) is 0 Å². The number of carbonyl (C=O) groups excluding carboxylic acids is 1. The number of pyridine rings is 1. The van der Waals surface area contributed by atoms with Crippen molar-refractivity contribution in [2.75, 3.05) is 6.54 Å². The highest BCUT2D eigenvalue weighted by Gasteiger charge is 2.14. The lowest BCUT2D eigenvalue weighted by molar-refractivity contribution is -0.121. The van der Waals surface area contributed by atoms with E-state index in [1.165, 1.54) is 23.3 Å². The second kappa shape index (κ2) is 9.73. The highest BCUT2D eigenvalue weighted by atomic mass is 19.1. The Morgan fingerprint density at radius 3 is 2.59 bits per heavy atom. The van der Waals surface area contributed by atoms with E-state index in [1.807, 2.05) is 18.2 Å². The van der Waals surface area contributed by atoms with Crippen LogP contribution in [0.5, 0.6) is 0 Å². The lowest BCUT2D eigenvalue weighted by Gasteiger charge is -2.11. The maximum absolute atomic E-state index is 13.3. The van der Waals surface area contributed by atoms with Crippen molar-refractivity contribution in [3.63, 3.8) is 0 Å². The van der Waals surface area contributed by atoms with E-state index in [0.29, 0.717) is 32.4 Å². The summed E-state index contributed by atoms with van der Waals surface area (Å²) < 4.78 is 15.4. The molecule has 0 bridgehead atoms. The molecule has 164 valence electrons. The number of carbonyl (C=O) groups is 1. The van der Waals surface area contributed by atoms with Gasteiger partial charge in [-0.2, -0.15) is 0 Å². The predicted octanol–water partition coefficient (Wildman–Crippen LogP) is 4.53. The van der Waals surface area contributed by atoms with Crippen LogP contribution in [0.25, 0.3) is 11.0 Å². The molecule has 2 heterocycles. The molecule has 0 saturated carbocycles. The standard InChI is InChI=1S/C26H27FN4O/c1-18-15-23-24(16-19(18)2)31(25(30-23)17-20-6-8-21(27)9-7-20)14-11-26(32)29-13-10-22-5-3-4-12-28-22/h3-9,12,15-16H,10-11,13-14,17H2,1-2H3,(H,29,32). The SMILES string of the molecule is Cc1cc2nc(Cc3ccc(F)cc3)n(CCC(=O)NCCc3ccccn3)c2cc1C. The first-order valence-corrected chi connectivity index (χ1v) is 10.9. The summed E-state index contributed by atoms with van der Waals surface area (Å²) in [5, 5.41) is 2.98. The fraction of sp³-hybridized carbons (Fsp3) is 0.269. The summed E-state index contributed by atoms with van der Waals surface area (Å²) in [4.78, 5) is 21.6. The fourth-order valence-electron chi connectivity index (χ4n) is 3.78. The average molecular weight is 431 g/mol. The number of aryl methyl sites for hydroxylation is 3. The van der Waals surface area contributed by atoms with Crippen LogP contribution >= 0.6 is 0 Å². The number of rotatable bonds is 8. The van der Waals surface area contributed by atoms with Gasteiger partial charge in [0.1, 0.15) is 11.6 Å². The largest absolute Gasteiger partial charge is 0.356 e. The van der Waals surface area contributed by atoms with Crippen LogP contribution in [0, 0.1) is 19.7 Å². The first-order valence-electron chi connectivity index (χ1n) is 10.9. The van der Waals surface area contributed by atoms with Gasteiger partial charge in [0.15, 0.2) is 0 Å². The number of amides is 1. The van der Waals surface area contributed by atoms with Crippen molar-refractivity contribution in [3.05, 3.63) is 94.8 Å². The van der Waals surface area contributed by atoms with Gasteiger partial charge < -0.3 is 9.88 Å². The van der Waals surface area contributed by atoms with E-state index in [9.17, 15) is 9.18 Å². The van der Waals surface area contributed by atoms with Gasteiger partial charge in [-0.05, 0) is 66.9 Å². The van der Waals surface area contributed by atoms with E-state index in [2.05, 4.69) is 40.8 Å². The Hall–Kier alpha value is -3.54. The van der Waals surface area contributed by atoms with Gasteiger partial charge in [-0.25, -0.2) is 9.37 Å². The maximum atomic E-state index is 13.3. The normalized spacial score (nSPS) is 11.1. The van der Waals surface area contributed by atoms with Crippen LogP contribution in [-0.4, -0.2) is 27.0 Å². The van der Waals surface area contributed by atoms with E-state index >= 15 is 0 Å². The molecule has 0 atom stereocenters. The quantitative estimate of drug-likeness (QED) is 0.447. The molecule has 1 amide bonds. The predicted molar refractivity (Wildman–Crippen MR) is 124 cm³/mol.